The van der Waals surface area contributed by atoms with E-state index in [0.717, 1.165) is 48.7 Å². The van der Waals surface area contributed by atoms with Crippen molar-refractivity contribution in [3.8, 4) is 0 Å². The first kappa shape index (κ1) is 14.5. The Kier molecular flexibility index (Phi) is 3.75. The third-order valence-electron chi connectivity index (χ3n) is 4.31. The van der Waals surface area contributed by atoms with Gasteiger partial charge in [0.05, 0.1) is 15.9 Å². The highest BCUT2D eigenvalue weighted by atomic mass is 32.2. The van der Waals surface area contributed by atoms with Crippen LogP contribution in [0.1, 0.15) is 18.7 Å². The average molecular weight is 307 g/mol. The van der Waals surface area contributed by atoms with E-state index in [-0.39, 0.29) is 0 Å². The summed E-state index contributed by atoms with van der Waals surface area (Å²) >= 11 is 0. The van der Waals surface area contributed by atoms with Crippen LogP contribution >= 0.6 is 0 Å². The standard InChI is InChI=1S/C15H21N3O2S/c1-18-14-5-4-12(21(2,19)20)9-13(14)17-15(18)6-3-11-7-8-16-10-11/h4-5,9,11,16H,3,6-8,10H2,1-2H3. The van der Waals surface area contributed by atoms with Crippen LogP contribution in [0, 0.1) is 5.92 Å². The van der Waals surface area contributed by atoms with E-state index in [4.69, 9.17) is 0 Å². The molecule has 1 fully saturated rings. The number of imidazole rings is 1. The van der Waals surface area contributed by atoms with Crippen LogP contribution in [0.4, 0.5) is 0 Å². The van der Waals surface area contributed by atoms with Crippen molar-refractivity contribution in [2.24, 2.45) is 13.0 Å². The second kappa shape index (κ2) is 5.42. The molecule has 0 saturated carbocycles. The predicted octanol–water partition coefficient (Wildman–Crippen LogP) is 1.52. The summed E-state index contributed by atoms with van der Waals surface area (Å²) < 4.78 is 25.3. The van der Waals surface area contributed by atoms with Gasteiger partial charge in [0, 0.05) is 19.7 Å². The van der Waals surface area contributed by atoms with Gasteiger partial charge in [-0.3, -0.25) is 0 Å². The topological polar surface area (TPSA) is 64.0 Å². The number of nitrogens with one attached hydrogen (secondary N) is 1. The number of aromatic nitrogens is 2. The number of sulfone groups is 1. The molecular weight excluding hydrogens is 286 g/mol. The Balaban J connectivity index is 1.87. The van der Waals surface area contributed by atoms with Gasteiger partial charge in [0.1, 0.15) is 5.82 Å². The first-order valence-electron chi connectivity index (χ1n) is 7.31. The quantitative estimate of drug-likeness (QED) is 0.930. The molecule has 1 aliphatic rings. The highest BCUT2D eigenvalue weighted by molar-refractivity contribution is 7.90. The molecule has 6 heteroatoms. The van der Waals surface area contributed by atoms with Gasteiger partial charge in [-0.1, -0.05) is 0 Å². The number of nitrogens with zero attached hydrogens (tertiary/aromatic N) is 2. The average Bonchev–Trinajstić information content (AvgIpc) is 3.04. The molecule has 2 heterocycles. The van der Waals surface area contributed by atoms with Gasteiger partial charge in [0.15, 0.2) is 9.84 Å². The van der Waals surface area contributed by atoms with Crippen molar-refractivity contribution in [1.82, 2.24) is 14.9 Å². The molecule has 1 saturated heterocycles. The number of fused-ring (bicyclic) bond motifs is 1. The van der Waals surface area contributed by atoms with Crippen LogP contribution in [0.3, 0.4) is 0 Å². The Bertz CT molecular complexity index is 759. The van der Waals surface area contributed by atoms with Crippen molar-refractivity contribution in [1.29, 1.82) is 0 Å². The maximum atomic E-state index is 11.6. The summed E-state index contributed by atoms with van der Waals surface area (Å²) in [6.07, 6.45) is 4.53. The molecule has 114 valence electrons. The monoisotopic (exact) mass is 307 g/mol. The molecule has 2 aromatic rings. The molecule has 0 spiro atoms. The molecule has 1 aromatic heterocycles. The fourth-order valence-electron chi connectivity index (χ4n) is 2.98. The fraction of sp³-hybridized carbons (Fsp3) is 0.533. The summed E-state index contributed by atoms with van der Waals surface area (Å²) in [5, 5.41) is 3.38. The van der Waals surface area contributed by atoms with E-state index in [9.17, 15) is 8.42 Å². The van der Waals surface area contributed by atoms with Crippen LogP contribution < -0.4 is 5.32 Å². The largest absolute Gasteiger partial charge is 0.331 e. The molecule has 0 radical (unpaired) electrons. The number of benzene rings is 1. The van der Waals surface area contributed by atoms with E-state index in [1.165, 1.54) is 12.7 Å². The minimum Gasteiger partial charge on any atom is -0.331 e. The van der Waals surface area contributed by atoms with Crippen LogP contribution in [0.2, 0.25) is 0 Å². The number of aryl methyl sites for hydroxylation is 2. The van der Waals surface area contributed by atoms with Crippen molar-refractivity contribution in [3.05, 3.63) is 24.0 Å². The molecule has 1 unspecified atom stereocenters. The van der Waals surface area contributed by atoms with Gasteiger partial charge in [-0.15, -0.1) is 0 Å². The highest BCUT2D eigenvalue weighted by Gasteiger charge is 2.17. The molecule has 21 heavy (non-hydrogen) atoms. The van der Waals surface area contributed by atoms with Gasteiger partial charge in [-0.05, 0) is 50.0 Å². The molecule has 0 amide bonds. The Morgan fingerprint density at radius 3 is 2.90 bits per heavy atom. The minimum atomic E-state index is -3.18. The van der Waals surface area contributed by atoms with Crippen molar-refractivity contribution < 1.29 is 8.42 Å². The van der Waals surface area contributed by atoms with Gasteiger partial charge in [0.25, 0.3) is 0 Å². The van der Waals surface area contributed by atoms with Crippen molar-refractivity contribution >= 4 is 20.9 Å². The molecule has 1 aromatic carbocycles. The van der Waals surface area contributed by atoms with E-state index in [1.807, 2.05) is 13.1 Å². The predicted molar refractivity (Wildman–Crippen MR) is 83.1 cm³/mol. The lowest BCUT2D eigenvalue weighted by molar-refractivity contribution is 0.520. The van der Waals surface area contributed by atoms with Crippen LogP contribution in [-0.4, -0.2) is 37.3 Å². The minimum absolute atomic E-state index is 0.333. The highest BCUT2D eigenvalue weighted by Crippen LogP contribution is 2.22. The Morgan fingerprint density at radius 1 is 1.43 bits per heavy atom. The maximum Gasteiger partial charge on any atom is 0.175 e. The maximum absolute atomic E-state index is 11.6. The second-order valence-electron chi connectivity index (χ2n) is 5.91. The zero-order chi connectivity index (χ0) is 15.0. The summed E-state index contributed by atoms with van der Waals surface area (Å²) in [4.78, 5) is 4.96. The molecule has 5 nitrogen and oxygen atoms in total. The molecule has 0 bridgehead atoms. The SMILES string of the molecule is Cn1c(CCC2CCNC2)nc2cc(S(C)(=O)=O)ccc21. The number of rotatable bonds is 4. The smallest absolute Gasteiger partial charge is 0.175 e. The van der Waals surface area contributed by atoms with Gasteiger partial charge in [-0.2, -0.15) is 0 Å². The van der Waals surface area contributed by atoms with Gasteiger partial charge < -0.3 is 9.88 Å². The molecular formula is C15H21N3O2S. The fourth-order valence-corrected chi connectivity index (χ4v) is 3.62. The van der Waals surface area contributed by atoms with E-state index in [1.54, 1.807) is 12.1 Å². The van der Waals surface area contributed by atoms with E-state index in [0.29, 0.717) is 4.90 Å². The Hall–Kier alpha value is -1.40. The Morgan fingerprint density at radius 2 is 2.24 bits per heavy atom. The Labute approximate surface area is 125 Å². The summed E-state index contributed by atoms with van der Waals surface area (Å²) in [5.41, 5.74) is 1.75. The summed E-state index contributed by atoms with van der Waals surface area (Å²) in [6, 6.07) is 5.18. The third-order valence-corrected chi connectivity index (χ3v) is 5.42. The van der Waals surface area contributed by atoms with E-state index in [2.05, 4.69) is 14.9 Å². The molecule has 3 rings (SSSR count). The van der Waals surface area contributed by atoms with Crippen molar-refractivity contribution in [3.63, 3.8) is 0 Å². The first-order valence-corrected chi connectivity index (χ1v) is 9.20. The van der Waals surface area contributed by atoms with Crippen LogP contribution in [0.5, 0.6) is 0 Å². The number of hydrogen-bond acceptors (Lipinski definition) is 4. The third kappa shape index (κ3) is 2.96. The van der Waals surface area contributed by atoms with Gasteiger partial charge >= 0.3 is 0 Å². The molecule has 1 N–H and O–H groups in total. The number of hydrogen-bond donors (Lipinski definition) is 1. The van der Waals surface area contributed by atoms with E-state index < -0.39 is 9.84 Å². The normalized spacial score (nSPS) is 19.4. The second-order valence-corrected chi connectivity index (χ2v) is 7.92. The molecule has 1 atom stereocenters. The van der Waals surface area contributed by atoms with E-state index >= 15 is 0 Å². The lowest BCUT2D eigenvalue weighted by Crippen LogP contribution is -2.10. The lowest BCUT2D eigenvalue weighted by Gasteiger charge is -2.07. The van der Waals surface area contributed by atoms with Crippen molar-refractivity contribution in [2.75, 3.05) is 19.3 Å². The molecule has 0 aliphatic carbocycles. The first-order chi connectivity index (χ1) is 9.95. The van der Waals surface area contributed by atoms with Crippen molar-refractivity contribution in [2.45, 2.75) is 24.2 Å². The lowest BCUT2D eigenvalue weighted by atomic mass is 10.0. The summed E-state index contributed by atoms with van der Waals surface area (Å²) in [7, 11) is -1.18. The van der Waals surface area contributed by atoms with Gasteiger partial charge in [-0.25, -0.2) is 13.4 Å². The van der Waals surface area contributed by atoms with Crippen LogP contribution in [0.25, 0.3) is 11.0 Å². The van der Waals surface area contributed by atoms with Gasteiger partial charge in [0.2, 0.25) is 0 Å². The van der Waals surface area contributed by atoms with Crippen LogP contribution in [0.15, 0.2) is 23.1 Å². The summed E-state index contributed by atoms with van der Waals surface area (Å²) in [6.45, 7) is 2.22. The summed E-state index contributed by atoms with van der Waals surface area (Å²) in [5.74, 6) is 1.76. The van der Waals surface area contributed by atoms with Crippen LogP contribution in [-0.2, 0) is 23.3 Å². The molecule has 1 aliphatic heterocycles. The zero-order valence-electron chi connectivity index (χ0n) is 12.5. The zero-order valence-corrected chi connectivity index (χ0v) is 13.3.